The number of nitrogens with zero attached hydrogens (tertiary/aromatic N) is 1. The minimum absolute atomic E-state index is 0.207. The van der Waals surface area contributed by atoms with Gasteiger partial charge in [0.05, 0.1) is 18.2 Å². The first-order valence-electron chi connectivity index (χ1n) is 6.63. The van der Waals surface area contributed by atoms with E-state index in [0.29, 0.717) is 24.5 Å². The van der Waals surface area contributed by atoms with E-state index in [1.807, 2.05) is 0 Å². The average Bonchev–Trinajstić information content (AvgIpc) is 2.75. The molecule has 0 radical (unpaired) electrons. The van der Waals surface area contributed by atoms with Gasteiger partial charge in [0, 0.05) is 6.04 Å². The Kier molecular flexibility index (Phi) is 4.18. The lowest BCUT2D eigenvalue weighted by atomic mass is 9.83. The molecular weight excluding hydrogens is 257 g/mol. The maximum atomic E-state index is 13.0. The zero-order chi connectivity index (χ0) is 14.0. The fourth-order valence-corrected chi connectivity index (χ4v) is 2.69. The summed E-state index contributed by atoms with van der Waals surface area (Å²) in [6.07, 6.45) is -0.316. The Morgan fingerprint density at radius 3 is 2.63 bits per heavy atom. The van der Waals surface area contributed by atoms with Crippen molar-refractivity contribution in [3.8, 4) is 0 Å². The zero-order valence-electron chi connectivity index (χ0n) is 11.1. The van der Waals surface area contributed by atoms with Crippen LogP contribution in [0, 0.1) is 12.8 Å². The van der Waals surface area contributed by atoms with E-state index in [2.05, 4.69) is 10.3 Å². The van der Waals surface area contributed by atoms with Crippen molar-refractivity contribution in [3.63, 3.8) is 0 Å². The first-order chi connectivity index (χ1) is 8.88. The molecule has 1 aromatic heterocycles. The fraction of sp³-hybridized carbons (Fsp3) is 0.769. The predicted molar refractivity (Wildman–Crippen MR) is 64.6 cm³/mol. The topological polar surface area (TPSA) is 38.1 Å². The summed E-state index contributed by atoms with van der Waals surface area (Å²) in [5.41, 5.74) is 0. The number of alkyl halides is 3. The van der Waals surface area contributed by atoms with E-state index >= 15 is 0 Å². The normalized spacial score (nSPS) is 26.4. The summed E-state index contributed by atoms with van der Waals surface area (Å²) in [6.45, 7) is 3.55. The van der Waals surface area contributed by atoms with Crippen LogP contribution in [0.1, 0.15) is 50.3 Å². The van der Waals surface area contributed by atoms with Crippen LogP contribution in [0.2, 0.25) is 0 Å². The van der Waals surface area contributed by atoms with E-state index in [1.165, 1.54) is 0 Å². The van der Waals surface area contributed by atoms with Gasteiger partial charge < -0.3 is 9.73 Å². The van der Waals surface area contributed by atoms with Crippen LogP contribution in [-0.2, 0) is 0 Å². The van der Waals surface area contributed by atoms with Crippen molar-refractivity contribution in [2.24, 2.45) is 5.92 Å². The number of halogens is 3. The number of aromatic nitrogens is 1. The van der Waals surface area contributed by atoms with Gasteiger partial charge in [-0.3, -0.25) is 0 Å². The highest BCUT2D eigenvalue weighted by Crippen LogP contribution is 2.38. The maximum Gasteiger partial charge on any atom is 0.393 e. The molecule has 3 unspecified atom stereocenters. The van der Waals surface area contributed by atoms with Crippen molar-refractivity contribution in [3.05, 3.63) is 17.8 Å². The second-order valence-corrected chi connectivity index (χ2v) is 5.24. The highest BCUT2D eigenvalue weighted by atomic mass is 19.4. The molecule has 0 amide bonds. The first kappa shape index (κ1) is 14.4. The van der Waals surface area contributed by atoms with E-state index in [-0.39, 0.29) is 12.5 Å². The van der Waals surface area contributed by atoms with Crippen LogP contribution in [-0.4, -0.2) is 17.2 Å². The number of hydrogen-bond donors (Lipinski definition) is 1. The third kappa shape index (κ3) is 3.49. The molecule has 2 rings (SSSR count). The molecule has 1 aliphatic rings. The Bertz CT molecular complexity index is 416. The van der Waals surface area contributed by atoms with Crippen LogP contribution >= 0.6 is 0 Å². The number of oxazole rings is 1. The molecule has 0 aromatic carbocycles. The molecule has 1 saturated carbocycles. The van der Waals surface area contributed by atoms with Crippen LogP contribution in [0.5, 0.6) is 0 Å². The fourth-order valence-electron chi connectivity index (χ4n) is 2.69. The van der Waals surface area contributed by atoms with Gasteiger partial charge in [0.25, 0.3) is 0 Å². The Hall–Kier alpha value is -1.04. The lowest BCUT2D eigenvalue weighted by molar-refractivity contribution is -0.189. The Morgan fingerprint density at radius 2 is 2.05 bits per heavy atom. The number of aryl methyl sites for hydroxylation is 1. The summed E-state index contributed by atoms with van der Waals surface area (Å²) in [6, 6.07) is -0.849. The second-order valence-electron chi connectivity index (χ2n) is 5.24. The first-order valence-corrected chi connectivity index (χ1v) is 6.63. The Labute approximate surface area is 110 Å². The van der Waals surface area contributed by atoms with Crippen LogP contribution in [0.15, 0.2) is 10.6 Å². The van der Waals surface area contributed by atoms with Gasteiger partial charge in [0.15, 0.2) is 0 Å². The minimum Gasteiger partial charge on any atom is -0.444 e. The zero-order valence-corrected chi connectivity index (χ0v) is 11.1. The molecule has 6 heteroatoms. The standard InChI is InChI=1S/C13H19F3N2O/c1-8-7-17-12(19-8)9(2)18-11-6-4-3-5-10(11)13(14,15)16/h7,9-11,18H,3-6H2,1-2H3. The van der Waals surface area contributed by atoms with E-state index in [0.717, 1.165) is 6.42 Å². The van der Waals surface area contributed by atoms with E-state index in [9.17, 15) is 13.2 Å². The summed E-state index contributed by atoms with van der Waals surface area (Å²) < 4.78 is 44.3. The molecule has 1 aliphatic carbocycles. The lowest BCUT2D eigenvalue weighted by Gasteiger charge is -2.34. The number of hydrogen-bond acceptors (Lipinski definition) is 3. The van der Waals surface area contributed by atoms with Crippen molar-refractivity contribution in [1.82, 2.24) is 10.3 Å². The highest BCUT2D eigenvalue weighted by molar-refractivity contribution is 4.97. The van der Waals surface area contributed by atoms with Gasteiger partial charge >= 0.3 is 6.18 Å². The third-order valence-corrected chi connectivity index (χ3v) is 3.66. The largest absolute Gasteiger partial charge is 0.444 e. The monoisotopic (exact) mass is 276 g/mol. The summed E-state index contributed by atoms with van der Waals surface area (Å²) in [7, 11) is 0. The van der Waals surface area contributed by atoms with Crippen molar-refractivity contribution in [1.29, 1.82) is 0 Å². The molecule has 0 aliphatic heterocycles. The molecule has 0 spiro atoms. The second kappa shape index (κ2) is 5.53. The van der Waals surface area contributed by atoms with Crippen LogP contribution in [0.25, 0.3) is 0 Å². The molecule has 1 fully saturated rings. The molecule has 1 heterocycles. The van der Waals surface area contributed by atoms with Gasteiger partial charge in [-0.15, -0.1) is 0 Å². The summed E-state index contributed by atoms with van der Waals surface area (Å²) in [4.78, 5) is 4.06. The SMILES string of the molecule is Cc1cnc(C(C)NC2CCCCC2C(F)(F)F)o1. The highest BCUT2D eigenvalue weighted by Gasteiger charge is 2.45. The molecular formula is C13H19F3N2O. The Balaban J connectivity index is 2.03. The predicted octanol–water partition coefficient (Wildman–Crippen LogP) is 3.75. The van der Waals surface area contributed by atoms with Gasteiger partial charge in [-0.05, 0) is 26.7 Å². The van der Waals surface area contributed by atoms with Crippen LogP contribution in [0.3, 0.4) is 0 Å². The number of rotatable bonds is 3. The quantitative estimate of drug-likeness (QED) is 0.913. The van der Waals surface area contributed by atoms with Gasteiger partial charge in [-0.25, -0.2) is 4.98 Å². The van der Waals surface area contributed by atoms with Crippen molar-refractivity contribution < 1.29 is 17.6 Å². The van der Waals surface area contributed by atoms with Crippen molar-refractivity contribution >= 4 is 0 Å². The van der Waals surface area contributed by atoms with Crippen LogP contribution in [0.4, 0.5) is 13.2 Å². The number of nitrogens with one attached hydrogen (secondary N) is 1. The van der Waals surface area contributed by atoms with Crippen LogP contribution < -0.4 is 5.32 Å². The maximum absolute atomic E-state index is 13.0. The van der Waals surface area contributed by atoms with E-state index in [4.69, 9.17) is 4.42 Å². The lowest BCUT2D eigenvalue weighted by Crippen LogP contribution is -2.46. The van der Waals surface area contributed by atoms with Gasteiger partial charge in [0.1, 0.15) is 5.76 Å². The average molecular weight is 276 g/mol. The molecule has 3 atom stereocenters. The summed E-state index contributed by atoms with van der Waals surface area (Å²) in [5, 5.41) is 3.03. The summed E-state index contributed by atoms with van der Waals surface area (Å²) in [5.74, 6) is -0.150. The molecule has 0 saturated heterocycles. The molecule has 0 bridgehead atoms. The summed E-state index contributed by atoms with van der Waals surface area (Å²) >= 11 is 0. The minimum atomic E-state index is -4.13. The molecule has 1 aromatic rings. The van der Waals surface area contributed by atoms with E-state index in [1.54, 1.807) is 20.0 Å². The smallest absolute Gasteiger partial charge is 0.393 e. The van der Waals surface area contributed by atoms with E-state index < -0.39 is 18.1 Å². The van der Waals surface area contributed by atoms with Gasteiger partial charge in [0.2, 0.25) is 5.89 Å². The molecule has 108 valence electrons. The third-order valence-electron chi connectivity index (χ3n) is 3.66. The van der Waals surface area contributed by atoms with Crippen molar-refractivity contribution in [2.45, 2.75) is 57.8 Å². The molecule has 19 heavy (non-hydrogen) atoms. The molecule has 3 nitrogen and oxygen atoms in total. The van der Waals surface area contributed by atoms with Gasteiger partial charge in [-0.2, -0.15) is 13.2 Å². The van der Waals surface area contributed by atoms with Gasteiger partial charge in [-0.1, -0.05) is 12.8 Å². The Morgan fingerprint density at radius 1 is 1.37 bits per heavy atom. The van der Waals surface area contributed by atoms with Crippen molar-refractivity contribution in [2.75, 3.05) is 0 Å². The molecule has 1 N–H and O–H groups in total.